The van der Waals surface area contributed by atoms with Crippen LogP contribution in [0.25, 0.3) is 0 Å². The highest BCUT2D eigenvalue weighted by Crippen LogP contribution is 2.13. The number of methoxy groups -OCH3 is 1. The van der Waals surface area contributed by atoms with Gasteiger partial charge in [-0.05, 0) is 36.2 Å². The van der Waals surface area contributed by atoms with Crippen LogP contribution in [0.3, 0.4) is 0 Å². The van der Waals surface area contributed by atoms with Crippen LogP contribution in [0.4, 0.5) is 0 Å². The molecule has 0 bridgehead atoms. The molecule has 0 radical (unpaired) electrons. The van der Waals surface area contributed by atoms with Gasteiger partial charge in [0.15, 0.2) is 0 Å². The molecule has 0 saturated heterocycles. The number of carbonyl (C=O) groups is 1. The van der Waals surface area contributed by atoms with Gasteiger partial charge in [-0.3, -0.25) is 4.79 Å². The number of nitrogens with zero attached hydrogens (tertiary/aromatic N) is 1. The number of hydrogen-bond acceptors (Lipinski definition) is 3. The van der Waals surface area contributed by atoms with E-state index in [1.54, 1.807) is 7.11 Å². The fourth-order valence-electron chi connectivity index (χ4n) is 2.48. The SMILES string of the molecule is COCc1cccc(C(=O)N(CCCN)Cc2ccccc2)c1.Cl. The summed E-state index contributed by atoms with van der Waals surface area (Å²) >= 11 is 0. The molecule has 4 nitrogen and oxygen atoms in total. The zero-order chi connectivity index (χ0) is 16.5. The Morgan fingerprint density at radius 3 is 2.46 bits per heavy atom. The van der Waals surface area contributed by atoms with Gasteiger partial charge in [-0.1, -0.05) is 42.5 Å². The Morgan fingerprint density at radius 1 is 1.08 bits per heavy atom. The lowest BCUT2D eigenvalue weighted by Gasteiger charge is -2.23. The average molecular weight is 349 g/mol. The maximum Gasteiger partial charge on any atom is 0.254 e. The van der Waals surface area contributed by atoms with Gasteiger partial charge in [0, 0.05) is 25.8 Å². The summed E-state index contributed by atoms with van der Waals surface area (Å²) in [5, 5.41) is 0. The molecule has 2 N–H and O–H groups in total. The molecule has 0 aliphatic rings. The fourth-order valence-corrected chi connectivity index (χ4v) is 2.48. The number of carbonyl (C=O) groups excluding carboxylic acids is 1. The van der Waals surface area contributed by atoms with Gasteiger partial charge in [0.25, 0.3) is 5.91 Å². The molecule has 0 saturated carbocycles. The highest BCUT2D eigenvalue weighted by molar-refractivity contribution is 5.94. The second-order valence-corrected chi connectivity index (χ2v) is 5.49. The Labute approximate surface area is 150 Å². The molecule has 2 aromatic carbocycles. The van der Waals surface area contributed by atoms with Crippen molar-refractivity contribution in [1.82, 2.24) is 4.90 Å². The minimum atomic E-state index is 0. The molecular weight excluding hydrogens is 324 g/mol. The quantitative estimate of drug-likeness (QED) is 0.796. The van der Waals surface area contributed by atoms with E-state index in [4.69, 9.17) is 10.5 Å². The maximum atomic E-state index is 12.9. The van der Waals surface area contributed by atoms with Gasteiger partial charge in [0.1, 0.15) is 0 Å². The Hall–Kier alpha value is -1.88. The van der Waals surface area contributed by atoms with E-state index in [0.29, 0.717) is 31.8 Å². The van der Waals surface area contributed by atoms with E-state index in [9.17, 15) is 4.79 Å². The van der Waals surface area contributed by atoms with E-state index in [2.05, 4.69) is 0 Å². The van der Waals surface area contributed by atoms with Gasteiger partial charge in [-0.2, -0.15) is 0 Å². The largest absolute Gasteiger partial charge is 0.380 e. The topological polar surface area (TPSA) is 55.6 Å². The van der Waals surface area contributed by atoms with Crippen LogP contribution in [0.15, 0.2) is 54.6 Å². The molecule has 0 atom stereocenters. The number of hydrogen-bond donors (Lipinski definition) is 1. The van der Waals surface area contributed by atoms with Crippen molar-refractivity contribution < 1.29 is 9.53 Å². The van der Waals surface area contributed by atoms with E-state index in [-0.39, 0.29) is 18.3 Å². The van der Waals surface area contributed by atoms with Crippen molar-refractivity contribution in [3.05, 3.63) is 71.3 Å². The number of amides is 1. The van der Waals surface area contributed by atoms with Crippen molar-refractivity contribution in [2.75, 3.05) is 20.2 Å². The summed E-state index contributed by atoms with van der Waals surface area (Å²) in [6.45, 7) is 2.32. The van der Waals surface area contributed by atoms with Gasteiger partial charge in [-0.15, -0.1) is 12.4 Å². The summed E-state index contributed by atoms with van der Waals surface area (Å²) in [6.07, 6.45) is 0.788. The third-order valence-electron chi connectivity index (χ3n) is 3.62. The monoisotopic (exact) mass is 348 g/mol. The summed E-state index contributed by atoms with van der Waals surface area (Å²) < 4.78 is 5.14. The molecule has 2 rings (SSSR count). The molecule has 0 unspecified atom stereocenters. The predicted molar refractivity (Wildman–Crippen MR) is 99.3 cm³/mol. The van der Waals surface area contributed by atoms with Crippen LogP contribution >= 0.6 is 12.4 Å². The Morgan fingerprint density at radius 2 is 1.79 bits per heavy atom. The third kappa shape index (κ3) is 5.96. The lowest BCUT2D eigenvalue weighted by molar-refractivity contribution is 0.0742. The lowest BCUT2D eigenvalue weighted by Crippen LogP contribution is -2.32. The highest BCUT2D eigenvalue weighted by Gasteiger charge is 2.16. The molecule has 130 valence electrons. The lowest BCUT2D eigenvalue weighted by atomic mass is 10.1. The Kier molecular flexibility index (Phi) is 9.08. The van der Waals surface area contributed by atoms with Gasteiger partial charge < -0.3 is 15.4 Å². The first-order valence-electron chi connectivity index (χ1n) is 7.85. The molecule has 5 heteroatoms. The average Bonchev–Trinajstić information content (AvgIpc) is 2.59. The van der Waals surface area contributed by atoms with E-state index in [0.717, 1.165) is 17.5 Å². The van der Waals surface area contributed by atoms with Crippen LogP contribution in [0.1, 0.15) is 27.9 Å². The molecular formula is C19H25ClN2O2. The fraction of sp³-hybridized carbons (Fsp3) is 0.316. The Balaban J connectivity index is 0.00000288. The summed E-state index contributed by atoms with van der Waals surface area (Å²) in [5.74, 6) is 0.0280. The smallest absolute Gasteiger partial charge is 0.254 e. The number of ether oxygens (including phenoxy) is 1. The first-order valence-corrected chi connectivity index (χ1v) is 7.85. The van der Waals surface area contributed by atoms with Crippen LogP contribution in [0.2, 0.25) is 0 Å². The zero-order valence-corrected chi connectivity index (χ0v) is 14.8. The minimum Gasteiger partial charge on any atom is -0.380 e. The number of halogens is 1. The van der Waals surface area contributed by atoms with Gasteiger partial charge in [0.2, 0.25) is 0 Å². The van der Waals surface area contributed by atoms with Crippen molar-refractivity contribution in [1.29, 1.82) is 0 Å². The van der Waals surface area contributed by atoms with Gasteiger partial charge in [-0.25, -0.2) is 0 Å². The minimum absolute atomic E-state index is 0. The van der Waals surface area contributed by atoms with Crippen molar-refractivity contribution in [3.63, 3.8) is 0 Å². The Bertz CT molecular complexity index is 620. The second kappa shape index (κ2) is 10.8. The number of benzene rings is 2. The summed E-state index contributed by atoms with van der Waals surface area (Å²) in [4.78, 5) is 14.7. The molecule has 0 spiro atoms. The van der Waals surface area contributed by atoms with Crippen molar-refractivity contribution in [3.8, 4) is 0 Å². The predicted octanol–water partition coefficient (Wildman–Crippen LogP) is 3.25. The molecule has 2 aromatic rings. The summed E-state index contributed by atoms with van der Waals surface area (Å²) in [6, 6.07) is 17.6. The molecule has 0 aliphatic carbocycles. The van der Waals surface area contributed by atoms with E-state index >= 15 is 0 Å². The van der Waals surface area contributed by atoms with E-state index < -0.39 is 0 Å². The number of nitrogens with two attached hydrogens (primary N) is 1. The maximum absolute atomic E-state index is 12.9. The van der Waals surface area contributed by atoms with Gasteiger partial charge in [0.05, 0.1) is 6.61 Å². The van der Waals surface area contributed by atoms with Crippen LogP contribution in [-0.4, -0.2) is 31.0 Å². The van der Waals surface area contributed by atoms with E-state index in [1.807, 2.05) is 59.5 Å². The molecule has 0 heterocycles. The molecule has 0 aliphatic heterocycles. The first kappa shape index (κ1) is 20.2. The highest BCUT2D eigenvalue weighted by atomic mass is 35.5. The molecule has 0 aromatic heterocycles. The summed E-state index contributed by atoms with van der Waals surface area (Å²) in [5.41, 5.74) is 8.42. The van der Waals surface area contributed by atoms with Crippen LogP contribution in [0, 0.1) is 0 Å². The molecule has 1 amide bonds. The first-order chi connectivity index (χ1) is 11.2. The van der Waals surface area contributed by atoms with Crippen LogP contribution < -0.4 is 5.73 Å². The van der Waals surface area contributed by atoms with Gasteiger partial charge >= 0.3 is 0 Å². The normalized spacial score (nSPS) is 10.1. The van der Waals surface area contributed by atoms with Crippen LogP contribution in [0.5, 0.6) is 0 Å². The van der Waals surface area contributed by atoms with Crippen molar-refractivity contribution >= 4 is 18.3 Å². The number of rotatable bonds is 8. The zero-order valence-electron chi connectivity index (χ0n) is 14.0. The van der Waals surface area contributed by atoms with Crippen molar-refractivity contribution in [2.45, 2.75) is 19.6 Å². The van der Waals surface area contributed by atoms with E-state index in [1.165, 1.54) is 0 Å². The molecule has 24 heavy (non-hydrogen) atoms. The third-order valence-corrected chi connectivity index (χ3v) is 3.62. The summed E-state index contributed by atoms with van der Waals surface area (Å²) in [7, 11) is 1.65. The van der Waals surface area contributed by atoms with Crippen molar-refractivity contribution in [2.24, 2.45) is 5.73 Å². The van der Waals surface area contributed by atoms with Crippen LogP contribution in [-0.2, 0) is 17.9 Å². The standard InChI is InChI=1S/C19H24N2O2.ClH/c1-23-15-17-9-5-10-18(13-17)19(22)21(12-6-11-20)14-16-7-3-2-4-8-16;/h2-5,7-10,13H,6,11-12,14-15,20H2,1H3;1H. The second-order valence-electron chi connectivity index (χ2n) is 5.49. The molecule has 0 fully saturated rings.